The number of rotatable bonds is 9. The topological polar surface area (TPSA) is 91.8 Å². The summed E-state index contributed by atoms with van der Waals surface area (Å²) >= 11 is 0. The molecule has 0 aromatic carbocycles. The molecule has 0 fully saturated rings. The molecule has 128 valence electrons. The van der Waals surface area contributed by atoms with Gasteiger partial charge in [0.2, 0.25) is 5.91 Å². The van der Waals surface area contributed by atoms with Crippen LogP contribution in [0.25, 0.3) is 0 Å². The Morgan fingerprint density at radius 2 is 1.96 bits per heavy atom. The van der Waals surface area contributed by atoms with Crippen LogP contribution in [-0.2, 0) is 4.79 Å². The van der Waals surface area contributed by atoms with Gasteiger partial charge in [-0.1, -0.05) is 19.4 Å². The molecule has 0 aliphatic rings. The second kappa shape index (κ2) is 9.44. The number of aromatic nitrogens is 3. The number of amides is 1. The summed E-state index contributed by atoms with van der Waals surface area (Å²) in [5.41, 5.74) is 0. The van der Waals surface area contributed by atoms with Gasteiger partial charge >= 0.3 is 0 Å². The Hall–Kier alpha value is -2.70. The maximum absolute atomic E-state index is 11.5. The van der Waals surface area contributed by atoms with Crippen molar-refractivity contribution in [2.24, 2.45) is 0 Å². The van der Waals surface area contributed by atoms with Crippen molar-refractivity contribution in [2.75, 3.05) is 23.7 Å². The van der Waals surface area contributed by atoms with E-state index in [2.05, 4.69) is 37.8 Å². The minimum absolute atomic E-state index is 0.0926. The molecule has 0 aliphatic heterocycles. The van der Waals surface area contributed by atoms with Crippen LogP contribution in [0.1, 0.15) is 32.0 Å². The van der Waals surface area contributed by atoms with Crippen LogP contribution in [0.15, 0.2) is 30.5 Å². The van der Waals surface area contributed by atoms with E-state index in [1.807, 2.05) is 31.2 Å². The molecule has 0 radical (unpaired) electrons. The molecule has 1 amide bonds. The molecule has 0 saturated carbocycles. The van der Waals surface area contributed by atoms with Crippen LogP contribution in [0, 0.1) is 6.92 Å². The lowest BCUT2D eigenvalue weighted by Crippen LogP contribution is -2.28. The Labute approximate surface area is 142 Å². The van der Waals surface area contributed by atoms with Gasteiger partial charge in [-0.15, -0.1) is 0 Å². The second-order valence-corrected chi connectivity index (χ2v) is 5.41. The van der Waals surface area contributed by atoms with Crippen molar-refractivity contribution in [2.45, 2.75) is 33.1 Å². The van der Waals surface area contributed by atoms with Gasteiger partial charge in [-0.3, -0.25) is 4.79 Å². The van der Waals surface area contributed by atoms with Crippen molar-refractivity contribution in [3.63, 3.8) is 0 Å². The fourth-order valence-corrected chi connectivity index (χ4v) is 2.11. The molecule has 2 rings (SSSR count). The van der Waals surface area contributed by atoms with Crippen molar-refractivity contribution in [3.8, 4) is 0 Å². The molecular weight excluding hydrogens is 304 g/mol. The van der Waals surface area contributed by atoms with Crippen LogP contribution in [0.2, 0.25) is 0 Å². The summed E-state index contributed by atoms with van der Waals surface area (Å²) in [6, 6.07) is 7.46. The van der Waals surface area contributed by atoms with E-state index in [-0.39, 0.29) is 5.91 Å². The molecule has 0 unspecified atom stereocenters. The minimum atomic E-state index is 0.0926. The number of nitrogens with zero attached hydrogens (tertiary/aromatic N) is 3. The molecule has 0 atom stereocenters. The Balaban J connectivity index is 1.84. The molecule has 3 N–H and O–H groups in total. The van der Waals surface area contributed by atoms with Crippen LogP contribution < -0.4 is 16.0 Å². The lowest BCUT2D eigenvalue weighted by molar-refractivity contribution is -0.121. The Morgan fingerprint density at radius 1 is 1.12 bits per heavy atom. The first-order chi connectivity index (χ1) is 11.7. The maximum atomic E-state index is 11.5. The highest BCUT2D eigenvalue weighted by molar-refractivity contribution is 5.75. The summed E-state index contributed by atoms with van der Waals surface area (Å²) in [6.07, 6.45) is 4.25. The predicted molar refractivity (Wildman–Crippen MR) is 95.3 cm³/mol. The molecule has 2 aromatic heterocycles. The molecule has 7 heteroatoms. The number of aryl methyl sites for hydroxylation is 1. The highest BCUT2D eigenvalue weighted by Crippen LogP contribution is 2.15. The summed E-state index contributed by atoms with van der Waals surface area (Å²) in [6.45, 7) is 5.08. The zero-order valence-electron chi connectivity index (χ0n) is 14.2. The monoisotopic (exact) mass is 328 g/mol. The van der Waals surface area contributed by atoms with Gasteiger partial charge in [0, 0.05) is 31.8 Å². The second-order valence-electron chi connectivity index (χ2n) is 5.41. The molecule has 0 spiro atoms. The number of hydrogen-bond acceptors (Lipinski definition) is 6. The van der Waals surface area contributed by atoms with E-state index in [0.717, 1.165) is 18.7 Å². The number of hydrogen-bond donors (Lipinski definition) is 3. The molecule has 7 nitrogen and oxygen atoms in total. The zero-order chi connectivity index (χ0) is 17.2. The van der Waals surface area contributed by atoms with Gasteiger partial charge in [0.15, 0.2) is 0 Å². The molecular formula is C17H24N6O. The highest BCUT2D eigenvalue weighted by Gasteiger charge is 2.03. The fraction of sp³-hybridized carbons (Fsp3) is 0.412. The normalized spacial score (nSPS) is 10.2. The first-order valence-corrected chi connectivity index (χ1v) is 8.21. The number of carbonyl (C=O) groups is 1. The third-order valence-corrected chi connectivity index (χ3v) is 3.27. The van der Waals surface area contributed by atoms with E-state index in [9.17, 15) is 4.79 Å². The van der Waals surface area contributed by atoms with Crippen molar-refractivity contribution in [1.29, 1.82) is 0 Å². The van der Waals surface area contributed by atoms with Gasteiger partial charge in [-0.05, 0) is 25.5 Å². The lowest BCUT2D eigenvalue weighted by Gasteiger charge is -2.10. The summed E-state index contributed by atoms with van der Waals surface area (Å²) in [7, 11) is 0. The molecule has 2 aromatic rings. The van der Waals surface area contributed by atoms with Gasteiger partial charge in [-0.2, -0.15) is 0 Å². The van der Waals surface area contributed by atoms with Crippen molar-refractivity contribution < 1.29 is 4.79 Å². The van der Waals surface area contributed by atoms with Gasteiger partial charge in [0.25, 0.3) is 0 Å². The zero-order valence-corrected chi connectivity index (χ0v) is 14.2. The molecule has 0 bridgehead atoms. The molecule has 24 heavy (non-hydrogen) atoms. The van der Waals surface area contributed by atoms with Gasteiger partial charge in [-0.25, -0.2) is 15.0 Å². The predicted octanol–water partition coefficient (Wildman–Crippen LogP) is 2.64. The number of anilines is 3. The largest absolute Gasteiger partial charge is 0.368 e. The first-order valence-electron chi connectivity index (χ1n) is 8.21. The van der Waals surface area contributed by atoms with Gasteiger partial charge in [0.1, 0.15) is 23.3 Å². The average Bonchev–Trinajstić information content (AvgIpc) is 2.57. The van der Waals surface area contributed by atoms with Crippen molar-refractivity contribution in [3.05, 3.63) is 36.3 Å². The maximum Gasteiger partial charge on any atom is 0.220 e. The summed E-state index contributed by atoms with van der Waals surface area (Å²) < 4.78 is 0. The average molecular weight is 328 g/mol. The first kappa shape index (κ1) is 17.7. The SMILES string of the molecule is CCCCC(=O)NCCNc1cc(Nc2ccccn2)nc(C)n1. The van der Waals surface area contributed by atoms with E-state index in [1.54, 1.807) is 6.20 Å². The van der Waals surface area contributed by atoms with Crippen molar-refractivity contribution in [1.82, 2.24) is 20.3 Å². The fourth-order valence-electron chi connectivity index (χ4n) is 2.11. The van der Waals surface area contributed by atoms with E-state index < -0.39 is 0 Å². The quantitative estimate of drug-likeness (QED) is 0.613. The Kier molecular flexibility index (Phi) is 6.94. The van der Waals surface area contributed by atoms with Crippen molar-refractivity contribution >= 4 is 23.4 Å². The van der Waals surface area contributed by atoms with E-state index in [0.29, 0.717) is 37.0 Å². The number of nitrogens with one attached hydrogen (secondary N) is 3. The van der Waals surface area contributed by atoms with Crippen LogP contribution in [-0.4, -0.2) is 33.9 Å². The standard InChI is InChI=1S/C17H24N6O/c1-3-4-8-17(24)20-11-10-19-15-12-16(22-13(2)21-15)23-14-7-5-6-9-18-14/h5-7,9,12H,3-4,8,10-11H2,1-2H3,(H,20,24)(H2,18,19,21,22,23). The van der Waals surface area contributed by atoms with E-state index in [1.165, 1.54) is 0 Å². The van der Waals surface area contributed by atoms with Crippen LogP contribution in [0.5, 0.6) is 0 Å². The summed E-state index contributed by atoms with van der Waals surface area (Å²) in [4.78, 5) is 24.5. The third-order valence-electron chi connectivity index (χ3n) is 3.27. The van der Waals surface area contributed by atoms with Crippen LogP contribution >= 0.6 is 0 Å². The third kappa shape index (κ3) is 6.20. The summed E-state index contributed by atoms with van der Waals surface area (Å²) in [5, 5.41) is 9.23. The Morgan fingerprint density at radius 3 is 2.71 bits per heavy atom. The molecule has 0 saturated heterocycles. The van der Waals surface area contributed by atoms with Crippen LogP contribution in [0.3, 0.4) is 0 Å². The van der Waals surface area contributed by atoms with Gasteiger partial charge < -0.3 is 16.0 Å². The molecule has 0 aliphatic carbocycles. The van der Waals surface area contributed by atoms with Crippen LogP contribution in [0.4, 0.5) is 17.5 Å². The summed E-state index contributed by atoms with van der Waals surface area (Å²) in [5.74, 6) is 2.87. The number of unbranched alkanes of at least 4 members (excludes halogenated alkanes) is 1. The highest BCUT2D eigenvalue weighted by atomic mass is 16.1. The van der Waals surface area contributed by atoms with E-state index in [4.69, 9.17) is 0 Å². The lowest BCUT2D eigenvalue weighted by atomic mass is 10.2. The van der Waals surface area contributed by atoms with Gasteiger partial charge in [0.05, 0.1) is 0 Å². The minimum Gasteiger partial charge on any atom is -0.368 e. The number of carbonyl (C=O) groups excluding carboxylic acids is 1. The number of pyridine rings is 1. The molecule has 2 heterocycles. The van der Waals surface area contributed by atoms with E-state index >= 15 is 0 Å². The Bertz CT molecular complexity index is 647. The smallest absolute Gasteiger partial charge is 0.220 e.